The van der Waals surface area contributed by atoms with Crippen LogP contribution in [0.5, 0.6) is 0 Å². The monoisotopic (exact) mass is 445 g/mol. The first-order valence-electron chi connectivity index (χ1n) is 11.1. The summed E-state index contributed by atoms with van der Waals surface area (Å²) in [4.78, 5) is 28.0. The van der Waals surface area contributed by atoms with Crippen molar-refractivity contribution in [2.24, 2.45) is 5.73 Å². The number of nitrogens with two attached hydrogens (primary N) is 1. The number of carbonyl (C=O) groups is 2. The van der Waals surface area contributed by atoms with Gasteiger partial charge in [0.25, 0.3) is 0 Å². The summed E-state index contributed by atoms with van der Waals surface area (Å²) in [6.07, 6.45) is 1.64. The maximum atomic E-state index is 13.8. The van der Waals surface area contributed by atoms with Gasteiger partial charge in [-0.3, -0.25) is 9.80 Å². The molecule has 2 N–H and O–H groups in total. The first-order valence-corrected chi connectivity index (χ1v) is 11.1. The van der Waals surface area contributed by atoms with Crippen LogP contribution in [0.25, 0.3) is 11.1 Å². The van der Waals surface area contributed by atoms with E-state index in [1.807, 2.05) is 12.1 Å². The third-order valence-corrected chi connectivity index (χ3v) is 6.46. The number of likely N-dealkylation sites (tertiary alicyclic amines) is 1. The number of piperidine rings is 1. The van der Waals surface area contributed by atoms with Gasteiger partial charge < -0.3 is 10.5 Å². The number of anilines is 1. The first-order chi connectivity index (χ1) is 15.9. The van der Waals surface area contributed by atoms with Crippen molar-refractivity contribution >= 4 is 18.0 Å². The second-order valence-corrected chi connectivity index (χ2v) is 8.67. The SMILES string of the molecule is Cc1ccccc1-c1cccc(CN2CCC(C=O)(N(C(N)=O)c3cccc(F)c3)CC2)c1. The Morgan fingerprint density at radius 2 is 1.79 bits per heavy atom. The van der Waals surface area contributed by atoms with Gasteiger partial charge in [-0.1, -0.05) is 48.5 Å². The average Bonchev–Trinajstić information content (AvgIpc) is 2.81. The highest BCUT2D eigenvalue weighted by atomic mass is 19.1. The van der Waals surface area contributed by atoms with E-state index >= 15 is 0 Å². The highest BCUT2D eigenvalue weighted by Crippen LogP contribution is 2.33. The molecule has 1 fully saturated rings. The van der Waals surface area contributed by atoms with Crippen LogP contribution in [-0.2, 0) is 11.3 Å². The Morgan fingerprint density at radius 3 is 2.45 bits per heavy atom. The first kappa shape index (κ1) is 22.7. The second kappa shape index (κ2) is 9.55. The molecule has 170 valence electrons. The molecule has 5 nitrogen and oxygen atoms in total. The maximum absolute atomic E-state index is 13.8. The molecule has 3 aromatic carbocycles. The Balaban J connectivity index is 1.50. The summed E-state index contributed by atoms with van der Waals surface area (Å²) in [5, 5.41) is 0. The lowest BCUT2D eigenvalue weighted by atomic mass is 9.86. The summed E-state index contributed by atoms with van der Waals surface area (Å²) in [7, 11) is 0. The van der Waals surface area contributed by atoms with E-state index in [1.165, 1.54) is 45.4 Å². The molecule has 6 heteroatoms. The number of hydrogen-bond acceptors (Lipinski definition) is 3. The van der Waals surface area contributed by atoms with Crippen molar-refractivity contribution in [2.45, 2.75) is 31.8 Å². The van der Waals surface area contributed by atoms with E-state index < -0.39 is 17.4 Å². The minimum atomic E-state index is -1.08. The molecule has 0 aliphatic carbocycles. The van der Waals surface area contributed by atoms with Crippen molar-refractivity contribution in [3.05, 3.63) is 89.7 Å². The van der Waals surface area contributed by atoms with Crippen LogP contribution in [0.3, 0.4) is 0 Å². The molecular weight excluding hydrogens is 417 g/mol. The third kappa shape index (κ3) is 4.81. The van der Waals surface area contributed by atoms with Crippen LogP contribution >= 0.6 is 0 Å². The number of nitrogens with zero attached hydrogens (tertiary/aromatic N) is 2. The number of aryl methyl sites for hydroxylation is 1. The standard InChI is InChI=1S/C27H28FN3O2/c1-20-6-2-3-11-25(20)22-8-4-7-21(16-22)18-30-14-12-27(19-32,13-15-30)31(26(29)33)24-10-5-9-23(28)17-24/h2-11,16-17,19H,12-15,18H2,1H3,(H2,29,33). The van der Waals surface area contributed by atoms with Crippen molar-refractivity contribution in [1.29, 1.82) is 0 Å². The normalized spacial score (nSPS) is 15.7. The summed E-state index contributed by atoms with van der Waals surface area (Å²) in [5.74, 6) is -0.481. The Bertz CT molecular complexity index is 1160. The van der Waals surface area contributed by atoms with E-state index in [9.17, 15) is 14.0 Å². The van der Waals surface area contributed by atoms with E-state index in [0.29, 0.717) is 31.6 Å². The van der Waals surface area contributed by atoms with Gasteiger partial charge >= 0.3 is 6.03 Å². The molecule has 1 saturated heterocycles. The van der Waals surface area contributed by atoms with Crippen LogP contribution in [0.15, 0.2) is 72.8 Å². The van der Waals surface area contributed by atoms with Crippen LogP contribution in [0.4, 0.5) is 14.9 Å². The Labute approximate surface area is 193 Å². The number of carbonyl (C=O) groups excluding carboxylic acids is 2. The molecule has 0 radical (unpaired) electrons. The van der Waals surface area contributed by atoms with E-state index in [4.69, 9.17) is 5.73 Å². The Kier molecular flexibility index (Phi) is 6.56. The Morgan fingerprint density at radius 1 is 1.06 bits per heavy atom. The fourth-order valence-corrected chi connectivity index (χ4v) is 4.70. The summed E-state index contributed by atoms with van der Waals surface area (Å²) >= 11 is 0. The van der Waals surface area contributed by atoms with Crippen molar-refractivity contribution in [1.82, 2.24) is 4.90 Å². The zero-order valence-corrected chi connectivity index (χ0v) is 18.7. The van der Waals surface area contributed by atoms with Crippen molar-refractivity contribution < 1.29 is 14.0 Å². The molecule has 4 rings (SSSR count). The topological polar surface area (TPSA) is 66.6 Å². The Hall–Kier alpha value is -3.51. The van der Waals surface area contributed by atoms with Gasteiger partial charge in [0.15, 0.2) is 0 Å². The van der Waals surface area contributed by atoms with Gasteiger partial charge in [0.2, 0.25) is 0 Å². The highest BCUT2D eigenvalue weighted by Gasteiger charge is 2.42. The predicted octanol–water partition coefficient (Wildman–Crippen LogP) is 4.92. The molecule has 0 aromatic heterocycles. The van der Waals surface area contributed by atoms with Gasteiger partial charge in [0, 0.05) is 25.3 Å². The lowest BCUT2D eigenvalue weighted by Crippen LogP contribution is -2.60. The molecule has 0 unspecified atom stereocenters. The van der Waals surface area contributed by atoms with Crippen LogP contribution < -0.4 is 10.6 Å². The van der Waals surface area contributed by atoms with Crippen LogP contribution in [0.2, 0.25) is 0 Å². The quantitative estimate of drug-likeness (QED) is 0.548. The minimum absolute atomic E-state index is 0.300. The molecule has 2 amide bonds. The number of hydrogen-bond donors (Lipinski definition) is 1. The lowest BCUT2D eigenvalue weighted by molar-refractivity contribution is -0.113. The predicted molar refractivity (Wildman–Crippen MR) is 128 cm³/mol. The lowest BCUT2D eigenvalue weighted by Gasteiger charge is -2.44. The van der Waals surface area contributed by atoms with E-state index in [1.54, 1.807) is 6.07 Å². The smallest absolute Gasteiger partial charge is 0.320 e. The summed E-state index contributed by atoms with van der Waals surface area (Å²) in [5.41, 5.74) is 9.67. The molecule has 33 heavy (non-hydrogen) atoms. The van der Waals surface area contributed by atoms with Gasteiger partial charge in [-0.2, -0.15) is 0 Å². The van der Waals surface area contributed by atoms with Crippen molar-refractivity contribution in [2.75, 3.05) is 18.0 Å². The highest BCUT2D eigenvalue weighted by molar-refractivity contribution is 5.97. The fraction of sp³-hybridized carbons (Fsp3) is 0.259. The van der Waals surface area contributed by atoms with Gasteiger partial charge in [0.05, 0.1) is 0 Å². The minimum Gasteiger partial charge on any atom is -0.351 e. The van der Waals surface area contributed by atoms with Gasteiger partial charge in [-0.25, -0.2) is 9.18 Å². The molecule has 0 spiro atoms. The fourth-order valence-electron chi connectivity index (χ4n) is 4.70. The van der Waals surface area contributed by atoms with Crippen molar-refractivity contribution in [3.63, 3.8) is 0 Å². The number of aldehydes is 1. The largest absolute Gasteiger partial charge is 0.351 e. The van der Waals surface area contributed by atoms with Gasteiger partial charge in [-0.05, 0) is 66.3 Å². The summed E-state index contributed by atoms with van der Waals surface area (Å²) in [6, 6.07) is 21.7. The molecular formula is C27H28FN3O2. The number of urea groups is 1. The maximum Gasteiger partial charge on any atom is 0.320 e. The second-order valence-electron chi connectivity index (χ2n) is 8.67. The summed E-state index contributed by atoms with van der Waals surface area (Å²) < 4.78 is 13.8. The van der Waals surface area contributed by atoms with Crippen LogP contribution in [-0.4, -0.2) is 35.8 Å². The number of benzene rings is 3. The molecule has 1 heterocycles. The molecule has 0 atom stereocenters. The van der Waals surface area contributed by atoms with E-state index in [-0.39, 0.29) is 0 Å². The van der Waals surface area contributed by atoms with Crippen LogP contribution in [0.1, 0.15) is 24.0 Å². The van der Waals surface area contributed by atoms with Crippen LogP contribution in [0, 0.1) is 12.7 Å². The van der Waals surface area contributed by atoms with E-state index in [0.717, 1.165) is 12.8 Å². The molecule has 1 aliphatic heterocycles. The summed E-state index contributed by atoms with van der Waals surface area (Å²) in [6.45, 7) is 4.08. The molecule has 0 bridgehead atoms. The van der Waals surface area contributed by atoms with Crippen molar-refractivity contribution in [3.8, 4) is 11.1 Å². The molecule has 0 saturated carbocycles. The molecule has 3 aromatic rings. The van der Waals surface area contributed by atoms with Gasteiger partial charge in [-0.15, -0.1) is 0 Å². The number of primary amides is 1. The van der Waals surface area contributed by atoms with E-state index in [2.05, 4.69) is 48.2 Å². The molecule has 1 aliphatic rings. The number of amides is 2. The number of rotatable bonds is 6. The zero-order valence-electron chi connectivity index (χ0n) is 18.7. The number of halogens is 1. The third-order valence-electron chi connectivity index (χ3n) is 6.46. The zero-order chi connectivity index (χ0) is 23.4. The average molecular weight is 446 g/mol. The van der Waals surface area contributed by atoms with Gasteiger partial charge in [0.1, 0.15) is 17.6 Å².